The van der Waals surface area contributed by atoms with Crippen LogP contribution >= 0.6 is 54.8 Å². The molecule has 0 spiro atoms. The van der Waals surface area contributed by atoms with E-state index in [4.69, 9.17) is 11.6 Å². The normalized spacial score (nSPS) is 12.6. The quantitative estimate of drug-likeness (QED) is 0.566. The largest absolute Gasteiger partial charge is 0.309 e. The van der Waals surface area contributed by atoms with Gasteiger partial charge in [-0.2, -0.15) is 0 Å². The lowest BCUT2D eigenvalue weighted by molar-refractivity contribution is 0.536. The summed E-state index contributed by atoms with van der Waals surface area (Å²) in [6.45, 7) is 3.19. The highest BCUT2D eigenvalue weighted by atomic mass is 79.9. The molecule has 0 aliphatic carbocycles. The van der Waals surface area contributed by atoms with Gasteiger partial charge in [0, 0.05) is 30.3 Å². The molecule has 20 heavy (non-hydrogen) atoms. The Bertz CT molecular complexity index is 571. The number of hydrogen-bond donors (Lipinski definition) is 1. The summed E-state index contributed by atoms with van der Waals surface area (Å²) in [6, 6.07) is 8.59. The van der Waals surface area contributed by atoms with Crippen molar-refractivity contribution >= 4 is 54.8 Å². The van der Waals surface area contributed by atoms with Crippen molar-refractivity contribution in [2.75, 3.05) is 6.54 Å². The summed E-state index contributed by atoms with van der Waals surface area (Å²) in [6.07, 6.45) is 2.02. The molecule has 0 aliphatic heterocycles. The first kappa shape index (κ1) is 16.5. The molecule has 108 valence electrons. The molecule has 5 heteroatoms. The van der Waals surface area contributed by atoms with Gasteiger partial charge in [0.1, 0.15) is 0 Å². The highest BCUT2D eigenvalue weighted by Gasteiger charge is 2.15. The van der Waals surface area contributed by atoms with Crippen LogP contribution in [0.4, 0.5) is 0 Å². The first-order chi connectivity index (χ1) is 9.60. The standard InChI is InChI=1S/C15H16Br2ClNS/c1-2-5-19-14(15-8-12(17)9-20-15)6-10-3-4-11(16)7-13(10)18/h3-4,7-9,14,19H,2,5-6H2,1H3. The molecule has 0 fully saturated rings. The highest BCUT2D eigenvalue weighted by Crippen LogP contribution is 2.30. The summed E-state index contributed by atoms with van der Waals surface area (Å²) in [4.78, 5) is 1.34. The summed E-state index contributed by atoms with van der Waals surface area (Å²) < 4.78 is 2.16. The van der Waals surface area contributed by atoms with Crippen molar-refractivity contribution in [3.8, 4) is 0 Å². The SMILES string of the molecule is CCCNC(Cc1ccc(Br)cc1Cl)c1cc(Br)cs1. The molecule has 2 aromatic rings. The second kappa shape index (κ2) is 7.95. The molecule has 1 unspecified atom stereocenters. The molecule has 1 aromatic carbocycles. The van der Waals surface area contributed by atoms with Crippen LogP contribution < -0.4 is 5.32 Å². The molecule has 1 atom stereocenters. The zero-order chi connectivity index (χ0) is 14.5. The summed E-state index contributed by atoms with van der Waals surface area (Å²) in [5.41, 5.74) is 1.17. The first-order valence-corrected chi connectivity index (χ1v) is 9.35. The molecule has 1 N–H and O–H groups in total. The molecule has 1 aromatic heterocycles. The lowest BCUT2D eigenvalue weighted by Crippen LogP contribution is -2.23. The van der Waals surface area contributed by atoms with Crippen molar-refractivity contribution < 1.29 is 0 Å². The van der Waals surface area contributed by atoms with Gasteiger partial charge in [0.05, 0.1) is 0 Å². The third-order valence-corrected chi connectivity index (χ3v) is 5.66. The summed E-state index contributed by atoms with van der Waals surface area (Å²) in [5, 5.41) is 6.55. The van der Waals surface area contributed by atoms with Gasteiger partial charge in [0.25, 0.3) is 0 Å². The summed E-state index contributed by atoms with van der Waals surface area (Å²) in [5.74, 6) is 0. The van der Waals surface area contributed by atoms with Gasteiger partial charge >= 0.3 is 0 Å². The fraction of sp³-hybridized carbons (Fsp3) is 0.333. The second-order valence-electron chi connectivity index (χ2n) is 4.61. The summed E-state index contributed by atoms with van der Waals surface area (Å²) >= 11 is 15.1. The predicted molar refractivity (Wildman–Crippen MR) is 95.9 cm³/mol. The second-order valence-corrected chi connectivity index (χ2v) is 7.80. The van der Waals surface area contributed by atoms with E-state index in [1.165, 1.54) is 10.4 Å². The lowest BCUT2D eigenvalue weighted by Gasteiger charge is -2.18. The molecule has 0 radical (unpaired) electrons. The fourth-order valence-corrected chi connectivity index (χ4v) is 4.28. The third kappa shape index (κ3) is 4.57. The Morgan fingerprint density at radius 3 is 2.65 bits per heavy atom. The minimum Gasteiger partial charge on any atom is -0.309 e. The molecule has 1 nitrogen and oxygen atoms in total. The van der Waals surface area contributed by atoms with E-state index in [1.807, 2.05) is 12.1 Å². The van der Waals surface area contributed by atoms with Gasteiger partial charge in [0.15, 0.2) is 0 Å². The fourth-order valence-electron chi connectivity index (χ4n) is 2.01. The maximum atomic E-state index is 6.34. The van der Waals surface area contributed by atoms with E-state index in [-0.39, 0.29) is 0 Å². The number of nitrogens with one attached hydrogen (secondary N) is 1. The van der Waals surface area contributed by atoms with Crippen LogP contribution in [-0.4, -0.2) is 6.54 Å². The van der Waals surface area contributed by atoms with E-state index >= 15 is 0 Å². The minimum absolute atomic E-state index is 0.310. The van der Waals surface area contributed by atoms with Gasteiger partial charge in [-0.05, 0) is 59.1 Å². The Balaban J connectivity index is 2.18. The Kier molecular flexibility index (Phi) is 6.56. The van der Waals surface area contributed by atoms with E-state index in [0.717, 1.165) is 33.4 Å². The Morgan fingerprint density at radius 1 is 1.25 bits per heavy atom. The molecule has 1 heterocycles. The Hall–Kier alpha value is 0.130. The van der Waals surface area contributed by atoms with E-state index in [1.54, 1.807) is 11.3 Å². The van der Waals surface area contributed by atoms with Crippen LogP contribution in [0.2, 0.25) is 5.02 Å². The van der Waals surface area contributed by atoms with Gasteiger partial charge in [-0.25, -0.2) is 0 Å². The van der Waals surface area contributed by atoms with Crippen molar-refractivity contribution in [3.63, 3.8) is 0 Å². The van der Waals surface area contributed by atoms with Crippen molar-refractivity contribution in [1.29, 1.82) is 0 Å². The lowest BCUT2D eigenvalue weighted by atomic mass is 10.0. The van der Waals surface area contributed by atoms with E-state index in [2.05, 4.69) is 61.6 Å². The number of hydrogen-bond acceptors (Lipinski definition) is 2. The molecule has 2 rings (SSSR count). The molecule has 0 amide bonds. The topological polar surface area (TPSA) is 12.0 Å². The zero-order valence-electron chi connectivity index (χ0n) is 11.1. The van der Waals surface area contributed by atoms with Gasteiger partial charge in [-0.15, -0.1) is 11.3 Å². The molecule has 0 bridgehead atoms. The van der Waals surface area contributed by atoms with Crippen LogP contribution in [0.3, 0.4) is 0 Å². The Morgan fingerprint density at radius 2 is 2.05 bits per heavy atom. The average molecular weight is 438 g/mol. The number of thiophene rings is 1. The van der Waals surface area contributed by atoms with Crippen LogP contribution in [0.25, 0.3) is 0 Å². The van der Waals surface area contributed by atoms with Crippen molar-refractivity contribution in [3.05, 3.63) is 54.1 Å². The van der Waals surface area contributed by atoms with E-state index in [9.17, 15) is 0 Å². The van der Waals surface area contributed by atoms with Crippen molar-refractivity contribution in [1.82, 2.24) is 5.32 Å². The molecule has 0 aliphatic rings. The minimum atomic E-state index is 0.310. The molecular formula is C15H16Br2ClNS. The van der Waals surface area contributed by atoms with Crippen LogP contribution in [0.15, 0.2) is 38.6 Å². The monoisotopic (exact) mass is 435 g/mol. The third-order valence-electron chi connectivity index (χ3n) is 3.01. The first-order valence-electron chi connectivity index (χ1n) is 6.51. The number of benzene rings is 1. The molecule has 0 saturated carbocycles. The Labute approximate surface area is 146 Å². The summed E-state index contributed by atoms with van der Waals surface area (Å²) in [7, 11) is 0. The van der Waals surface area contributed by atoms with Gasteiger partial charge < -0.3 is 5.32 Å². The van der Waals surface area contributed by atoms with E-state index in [0.29, 0.717) is 6.04 Å². The van der Waals surface area contributed by atoms with E-state index < -0.39 is 0 Å². The van der Waals surface area contributed by atoms with Crippen LogP contribution in [0, 0.1) is 0 Å². The van der Waals surface area contributed by atoms with Crippen molar-refractivity contribution in [2.45, 2.75) is 25.8 Å². The van der Waals surface area contributed by atoms with Gasteiger partial charge in [-0.3, -0.25) is 0 Å². The highest BCUT2D eigenvalue weighted by molar-refractivity contribution is 9.10. The zero-order valence-corrected chi connectivity index (χ0v) is 15.9. The maximum Gasteiger partial charge on any atom is 0.0456 e. The van der Waals surface area contributed by atoms with Crippen LogP contribution in [-0.2, 0) is 6.42 Å². The van der Waals surface area contributed by atoms with Crippen LogP contribution in [0.1, 0.15) is 29.8 Å². The maximum absolute atomic E-state index is 6.34. The van der Waals surface area contributed by atoms with Gasteiger partial charge in [-0.1, -0.05) is 40.5 Å². The predicted octanol–water partition coefficient (Wildman–Crippen LogP) is 6.21. The molecule has 0 saturated heterocycles. The van der Waals surface area contributed by atoms with Crippen molar-refractivity contribution in [2.24, 2.45) is 0 Å². The van der Waals surface area contributed by atoms with Crippen LogP contribution in [0.5, 0.6) is 0 Å². The smallest absolute Gasteiger partial charge is 0.0456 e. The number of halogens is 3. The average Bonchev–Trinajstić information content (AvgIpc) is 2.83. The van der Waals surface area contributed by atoms with Gasteiger partial charge in [0.2, 0.25) is 0 Å². The molecular weight excluding hydrogens is 422 g/mol. The number of rotatable bonds is 6.